The number of rotatable bonds is 2. The van der Waals surface area contributed by atoms with Crippen LogP contribution >= 0.6 is 0 Å². The van der Waals surface area contributed by atoms with Crippen LogP contribution in [0.15, 0.2) is 42.7 Å². The number of benzene rings is 2. The molecule has 1 aliphatic rings. The van der Waals surface area contributed by atoms with Crippen molar-refractivity contribution in [3.05, 3.63) is 70.8 Å². The molecule has 0 aliphatic carbocycles. The second-order valence-corrected chi connectivity index (χ2v) is 8.89. The molecule has 0 fully saturated rings. The number of pyridine rings is 2. The number of fused-ring (bicyclic) bond motifs is 3. The third-order valence-electron chi connectivity index (χ3n) is 6.16. The standard InChI is InChI=1S/C26H24N3O/c1-15-19-8-7-10-28-23(19)16(2)25-21(15)24-22-18(9-11-29(24)6)12-17(13-20(22)30-25)14-26(3,4)27-5/h7-13H,14H2,1-4,6H3/q+1. The fraction of sp³-hybridized carbons (Fsp3) is 0.269. The van der Waals surface area contributed by atoms with Gasteiger partial charge in [0, 0.05) is 37.1 Å². The summed E-state index contributed by atoms with van der Waals surface area (Å²) >= 11 is 0. The molecule has 0 radical (unpaired) electrons. The SMILES string of the molecule is [C-]#[N+]C(C)(C)Cc1cc2c3c([n+](C)ccc3c1)-c1c(c(C)c3ncccc3c1C)O2. The Hall–Kier alpha value is -3.45. The Kier molecular flexibility index (Phi) is 3.88. The van der Waals surface area contributed by atoms with E-state index in [2.05, 4.69) is 65.8 Å². The summed E-state index contributed by atoms with van der Waals surface area (Å²) in [5.74, 6) is 1.75. The third kappa shape index (κ3) is 2.59. The lowest BCUT2D eigenvalue weighted by Crippen LogP contribution is -2.32. The summed E-state index contributed by atoms with van der Waals surface area (Å²) in [6, 6.07) is 10.6. The Bertz CT molecular complexity index is 1410. The second-order valence-electron chi connectivity index (χ2n) is 8.89. The fourth-order valence-corrected chi connectivity index (χ4v) is 4.68. The van der Waals surface area contributed by atoms with E-state index in [1.54, 1.807) is 0 Å². The van der Waals surface area contributed by atoms with Gasteiger partial charge in [-0.1, -0.05) is 12.1 Å². The summed E-state index contributed by atoms with van der Waals surface area (Å²) < 4.78 is 8.77. The highest BCUT2D eigenvalue weighted by atomic mass is 16.5. The maximum absolute atomic E-state index is 7.50. The van der Waals surface area contributed by atoms with E-state index in [9.17, 15) is 0 Å². The van der Waals surface area contributed by atoms with Crippen LogP contribution in [0.4, 0.5) is 0 Å². The predicted molar refractivity (Wildman–Crippen MR) is 120 cm³/mol. The number of nitrogens with zero attached hydrogens (tertiary/aromatic N) is 3. The van der Waals surface area contributed by atoms with E-state index in [0.29, 0.717) is 6.42 Å². The number of ether oxygens (including phenoxy) is 1. The quantitative estimate of drug-likeness (QED) is 0.278. The van der Waals surface area contributed by atoms with Crippen LogP contribution < -0.4 is 9.30 Å². The molecule has 0 saturated carbocycles. The van der Waals surface area contributed by atoms with Crippen molar-refractivity contribution in [2.45, 2.75) is 39.7 Å². The molecule has 0 amide bonds. The fourth-order valence-electron chi connectivity index (χ4n) is 4.68. The Morgan fingerprint density at radius 2 is 1.97 bits per heavy atom. The van der Waals surface area contributed by atoms with Crippen LogP contribution in [-0.4, -0.2) is 10.5 Å². The predicted octanol–water partition coefficient (Wildman–Crippen LogP) is 5.84. The lowest BCUT2D eigenvalue weighted by atomic mass is 9.89. The van der Waals surface area contributed by atoms with Crippen LogP contribution in [-0.2, 0) is 13.5 Å². The molecule has 5 rings (SSSR count). The molecule has 0 bridgehead atoms. The Labute approximate surface area is 176 Å². The van der Waals surface area contributed by atoms with Gasteiger partial charge in [0.15, 0.2) is 6.20 Å². The van der Waals surface area contributed by atoms with Crippen LogP contribution in [0.3, 0.4) is 0 Å². The van der Waals surface area contributed by atoms with Gasteiger partial charge in [-0.3, -0.25) is 4.98 Å². The first-order chi connectivity index (χ1) is 14.3. The molecule has 30 heavy (non-hydrogen) atoms. The van der Waals surface area contributed by atoms with Crippen molar-refractivity contribution in [2.24, 2.45) is 7.05 Å². The van der Waals surface area contributed by atoms with Gasteiger partial charge in [-0.25, -0.2) is 11.1 Å². The first-order valence-electron chi connectivity index (χ1n) is 10.2. The van der Waals surface area contributed by atoms with Gasteiger partial charge in [0.25, 0.3) is 0 Å². The molecule has 2 aromatic heterocycles. The van der Waals surface area contributed by atoms with Gasteiger partial charge in [-0.15, -0.1) is 0 Å². The van der Waals surface area contributed by atoms with E-state index in [0.717, 1.165) is 49.9 Å². The number of aromatic nitrogens is 2. The maximum Gasteiger partial charge on any atom is 0.231 e. The van der Waals surface area contributed by atoms with E-state index < -0.39 is 5.54 Å². The zero-order valence-corrected chi connectivity index (χ0v) is 18.0. The molecule has 4 nitrogen and oxygen atoms in total. The molecule has 3 heterocycles. The van der Waals surface area contributed by atoms with Crippen molar-refractivity contribution in [2.75, 3.05) is 0 Å². The van der Waals surface area contributed by atoms with Crippen molar-refractivity contribution in [3.8, 4) is 22.8 Å². The normalized spacial score (nSPS) is 12.5. The average molecular weight is 394 g/mol. The molecule has 0 spiro atoms. The van der Waals surface area contributed by atoms with Gasteiger partial charge in [-0.2, -0.15) is 0 Å². The van der Waals surface area contributed by atoms with Crippen molar-refractivity contribution >= 4 is 21.7 Å². The average Bonchev–Trinajstić information content (AvgIpc) is 2.73. The van der Waals surface area contributed by atoms with Crippen LogP contribution in [0.2, 0.25) is 0 Å². The van der Waals surface area contributed by atoms with E-state index in [1.807, 2.05) is 26.1 Å². The van der Waals surface area contributed by atoms with Gasteiger partial charge in [0.05, 0.1) is 22.9 Å². The first-order valence-corrected chi connectivity index (χ1v) is 10.2. The van der Waals surface area contributed by atoms with Gasteiger partial charge in [0.2, 0.25) is 11.2 Å². The Balaban J connectivity index is 1.86. The second kappa shape index (κ2) is 6.27. The van der Waals surface area contributed by atoms with Gasteiger partial charge >= 0.3 is 0 Å². The van der Waals surface area contributed by atoms with Gasteiger partial charge in [0.1, 0.15) is 18.5 Å². The molecular weight excluding hydrogens is 370 g/mol. The molecule has 0 saturated heterocycles. The number of aryl methyl sites for hydroxylation is 3. The molecule has 4 heteroatoms. The summed E-state index contributed by atoms with van der Waals surface area (Å²) in [5.41, 5.74) is 6.22. The molecule has 0 atom stereocenters. The summed E-state index contributed by atoms with van der Waals surface area (Å²) in [6.45, 7) is 15.7. The monoisotopic (exact) mass is 394 g/mol. The van der Waals surface area contributed by atoms with Crippen molar-refractivity contribution < 1.29 is 9.30 Å². The van der Waals surface area contributed by atoms with Crippen LogP contribution in [0.1, 0.15) is 30.5 Å². The van der Waals surface area contributed by atoms with E-state index in [1.165, 1.54) is 11.3 Å². The minimum absolute atomic E-state index is 0.443. The Morgan fingerprint density at radius 3 is 2.73 bits per heavy atom. The molecular formula is C26H24N3O+. The topological polar surface area (TPSA) is 30.4 Å². The smallest absolute Gasteiger partial charge is 0.231 e. The van der Waals surface area contributed by atoms with Crippen molar-refractivity contribution in [1.29, 1.82) is 0 Å². The summed E-state index contributed by atoms with van der Waals surface area (Å²) in [7, 11) is 2.09. The van der Waals surface area contributed by atoms with E-state index in [-0.39, 0.29) is 0 Å². The zero-order chi connectivity index (χ0) is 21.2. The lowest BCUT2D eigenvalue weighted by Gasteiger charge is -2.24. The highest BCUT2D eigenvalue weighted by molar-refractivity contribution is 6.05. The lowest BCUT2D eigenvalue weighted by molar-refractivity contribution is -0.659. The van der Waals surface area contributed by atoms with Crippen LogP contribution in [0, 0.1) is 20.4 Å². The largest absolute Gasteiger partial charge is 0.455 e. The first kappa shape index (κ1) is 18.6. The molecule has 148 valence electrons. The summed E-state index contributed by atoms with van der Waals surface area (Å²) in [6.07, 6.45) is 4.63. The van der Waals surface area contributed by atoms with E-state index >= 15 is 0 Å². The molecule has 0 N–H and O–H groups in total. The number of hydrogen-bond acceptors (Lipinski definition) is 2. The molecule has 4 aromatic rings. The minimum atomic E-state index is -0.443. The number of hydrogen-bond donors (Lipinski definition) is 0. The summed E-state index contributed by atoms with van der Waals surface area (Å²) in [5, 5.41) is 3.43. The van der Waals surface area contributed by atoms with Crippen molar-refractivity contribution in [3.63, 3.8) is 0 Å². The minimum Gasteiger partial charge on any atom is -0.455 e. The third-order valence-corrected chi connectivity index (χ3v) is 6.16. The molecule has 2 aromatic carbocycles. The summed E-state index contributed by atoms with van der Waals surface area (Å²) in [4.78, 5) is 8.42. The van der Waals surface area contributed by atoms with Gasteiger partial charge < -0.3 is 9.58 Å². The Morgan fingerprint density at radius 1 is 1.17 bits per heavy atom. The van der Waals surface area contributed by atoms with Crippen LogP contribution in [0.5, 0.6) is 11.5 Å². The van der Waals surface area contributed by atoms with Gasteiger partial charge in [-0.05, 0) is 42.5 Å². The zero-order valence-electron chi connectivity index (χ0n) is 18.0. The van der Waals surface area contributed by atoms with E-state index in [4.69, 9.17) is 11.3 Å². The highest BCUT2D eigenvalue weighted by Crippen LogP contribution is 2.50. The molecule has 1 aliphatic heterocycles. The highest BCUT2D eigenvalue weighted by Gasteiger charge is 2.33. The maximum atomic E-state index is 7.50. The molecule has 0 unspecified atom stereocenters. The van der Waals surface area contributed by atoms with Crippen LogP contribution in [0.25, 0.3) is 37.8 Å². The van der Waals surface area contributed by atoms with Crippen molar-refractivity contribution in [1.82, 2.24) is 4.98 Å².